The highest BCUT2D eigenvalue weighted by Gasteiger charge is 2.11. The molecule has 0 aromatic rings. The second kappa shape index (κ2) is 8.97. The van der Waals surface area contributed by atoms with Crippen LogP contribution in [0.3, 0.4) is 0 Å². The van der Waals surface area contributed by atoms with Gasteiger partial charge in [-0.25, -0.2) is 0 Å². The van der Waals surface area contributed by atoms with Crippen molar-refractivity contribution in [3.63, 3.8) is 0 Å². The zero-order chi connectivity index (χ0) is 10.1. The zero-order valence-electron chi connectivity index (χ0n) is 9.05. The Morgan fingerprint density at radius 1 is 1.38 bits per heavy atom. The Morgan fingerprint density at radius 2 is 2.08 bits per heavy atom. The Balaban J connectivity index is 3.72. The molecule has 0 fully saturated rings. The molecule has 3 heteroatoms. The number of hydrogen-bond acceptors (Lipinski definition) is 2. The highest BCUT2D eigenvalue weighted by atomic mass is 79.9. The van der Waals surface area contributed by atoms with E-state index in [4.69, 9.17) is 4.74 Å². The molecule has 0 aromatic carbocycles. The van der Waals surface area contributed by atoms with Crippen molar-refractivity contribution in [2.45, 2.75) is 32.7 Å². The van der Waals surface area contributed by atoms with Gasteiger partial charge in [-0.15, -0.1) is 0 Å². The smallest absolute Gasteiger partial charge is 0.0477 e. The summed E-state index contributed by atoms with van der Waals surface area (Å²) >= 11 is 3.48. The molecule has 0 aliphatic heterocycles. The summed E-state index contributed by atoms with van der Waals surface area (Å²) in [6.07, 6.45) is 2.35. The van der Waals surface area contributed by atoms with E-state index in [0.29, 0.717) is 6.04 Å². The topological polar surface area (TPSA) is 12.5 Å². The number of rotatable bonds is 8. The average Bonchev–Trinajstić information content (AvgIpc) is 2.14. The van der Waals surface area contributed by atoms with E-state index in [-0.39, 0.29) is 0 Å². The Kier molecular flexibility index (Phi) is 9.25. The van der Waals surface area contributed by atoms with Crippen LogP contribution in [-0.4, -0.2) is 43.1 Å². The fourth-order valence-corrected chi connectivity index (χ4v) is 1.87. The van der Waals surface area contributed by atoms with Crippen LogP contribution in [0.15, 0.2) is 0 Å². The van der Waals surface area contributed by atoms with Gasteiger partial charge in [-0.3, -0.25) is 4.90 Å². The van der Waals surface area contributed by atoms with E-state index in [9.17, 15) is 0 Å². The molecule has 0 radical (unpaired) electrons. The summed E-state index contributed by atoms with van der Waals surface area (Å²) in [4.78, 5) is 2.51. The van der Waals surface area contributed by atoms with Crippen molar-refractivity contribution in [2.75, 3.05) is 32.1 Å². The summed E-state index contributed by atoms with van der Waals surface area (Å²) in [6, 6.07) is 0.637. The third kappa shape index (κ3) is 6.47. The van der Waals surface area contributed by atoms with Gasteiger partial charge in [0.25, 0.3) is 0 Å². The van der Waals surface area contributed by atoms with E-state index in [2.05, 4.69) is 34.7 Å². The molecule has 0 rings (SSSR count). The van der Waals surface area contributed by atoms with E-state index in [1.807, 2.05) is 0 Å². The van der Waals surface area contributed by atoms with Crippen LogP contribution in [0.1, 0.15) is 26.7 Å². The van der Waals surface area contributed by atoms with Crippen LogP contribution in [0.2, 0.25) is 0 Å². The van der Waals surface area contributed by atoms with Crippen LogP contribution < -0.4 is 0 Å². The van der Waals surface area contributed by atoms with Gasteiger partial charge in [0.2, 0.25) is 0 Å². The fraction of sp³-hybridized carbons (Fsp3) is 1.00. The molecule has 80 valence electrons. The number of nitrogens with zero attached hydrogens (tertiary/aromatic N) is 1. The van der Waals surface area contributed by atoms with Crippen molar-refractivity contribution in [1.29, 1.82) is 0 Å². The summed E-state index contributed by atoms with van der Waals surface area (Å²) in [5.41, 5.74) is 0. The van der Waals surface area contributed by atoms with Crippen molar-refractivity contribution < 1.29 is 4.74 Å². The van der Waals surface area contributed by atoms with Gasteiger partial charge in [0.1, 0.15) is 0 Å². The summed E-state index contributed by atoms with van der Waals surface area (Å²) in [5, 5.41) is 1.06. The summed E-state index contributed by atoms with van der Waals surface area (Å²) in [5.74, 6) is 0. The van der Waals surface area contributed by atoms with Gasteiger partial charge in [-0.2, -0.15) is 0 Å². The SMILES string of the molecule is CCCN(CCBr)C(C)CCOC. The zero-order valence-corrected chi connectivity index (χ0v) is 10.6. The number of ether oxygens (including phenoxy) is 1. The normalized spacial score (nSPS) is 13.6. The Morgan fingerprint density at radius 3 is 2.54 bits per heavy atom. The maximum atomic E-state index is 5.08. The minimum atomic E-state index is 0.637. The van der Waals surface area contributed by atoms with Gasteiger partial charge >= 0.3 is 0 Å². The molecule has 13 heavy (non-hydrogen) atoms. The van der Waals surface area contributed by atoms with Crippen LogP contribution in [-0.2, 0) is 4.74 Å². The summed E-state index contributed by atoms with van der Waals surface area (Å²) < 4.78 is 5.08. The van der Waals surface area contributed by atoms with Gasteiger partial charge < -0.3 is 4.74 Å². The molecule has 1 unspecified atom stereocenters. The van der Waals surface area contributed by atoms with Crippen molar-refractivity contribution in [3.05, 3.63) is 0 Å². The number of hydrogen-bond donors (Lipinski definition) is 0. The molecule has 1 atom stereocenters. The fourth-order valence-electron chi connectivity index (χ4n) is 1.42. The first kappa shape index (κ1) is 13.4. The van der Waals surface area contributed by atoms with Crippen molar-refractivity contribution in [3.8, 4) is 0 Å². The van der Waals surface area contributed by atoms with E-state index in [1.54, 1.807) is 7.11 Å². The molecule has 2 nitrogen and oxygen atoms in total. The quantitative estimate of drug-likeness (QED) is 0.615. The van der Waals surface area contributed by atoms with E-state index >= 15 is 0 Å². The molecule has 0 spiro atoms. The average molecular weight is 252 g/mol. The standard InChI is InChI=1S/C10H22BrNO/c1-4-7-12(8-6-11)10(2)5-9-13-3/h10H,4-9H2,1-3H3. The first-order valence-corrected chi connectivity index (χ1v) is 6.17. The lowest BCUT2D eigenvalue weighted by molar-refractivity contribution is 0.142. The maximum Gasteiger partial charge on any atom is 0.0477 e. The first-order chi connectivity index (χ1) is 6.26. The van der Waals surface area contributed by atoms with Crippen LogP contribution in [0, 0.1) is 0 Å². The Hall–Kier alpha value is 0.400. The predicted octanol–water partition coefficient (Wildman–Crippen LogP) is 2.52. The molecule has 0 aliphatic carbocycles. The molecule has 0 aliphatic rings. The molecular weight excluding hydrogens is 230 g/mol. The second-order valence-corrected chi connectivity index (χ2v) is 4.15. The van der Waals surface area contributed by atoms with Crippen LogP contribution in [0.25, 0.3) is 0 Å². The molecule has 0 saturated heterocycles. The second-order valence-electron chi connectivity index (χ2n) is 3.36. The lowest BCUT2D eigenvalue weighted by Crippen LogP contribution is -2.36. The third-order valence-electron chi connectivity index (χ3n) is 2.25. The lowest BCUT2D eigenvalue weighted by Gasteiger charge is -2.27. The van der Waals surface area contributed by atoms with Gasteiger partial charge in [0.05, 0.1) is 0 Å². The van der Waals surface area contributed by atoms with Crippen molar-refractivity contribution >= 4 is 15.9 Å². The molecule has 0 amide bonds. The van der Waals surface area contributed by atoms with Gasteiger partial charge in [0, 0.05) is 31.6 Å². The summed E-state index contributed by atoms with van der Waals surface area (Å²) in [6.45, 7) is 7.69. The van der Waals surface area contributed by atoms with E-state index in [0.717, 1.165) is 24.9 Å². The molecule has 0 bridgehead atoms. The minimum absolute atomic E-state index is 0.637. The molecular formula is C10H22BrNO. The highest BCUT2D eigenvalue weighted by Crippen LogP contribution is 2.05. The molecule has 0 aromatic heterocycles. The van der Waals surface area contributed by atoms with Crippen molar-refractivity contribution in [2.24, 2.45) is 0 Å². The van der Waals surface area contributed by atoms with Gasteiger partial charge in [-0.1, -0.05) is 22.9 Å². The molecule has 0 heterocycles. The number of halogens is 1. The lowest BCUT2D eigenvalue weighted by atomic mass is 10.2. The molecule has 0 N–H and O–H groups in total. The number of alkyl halides is 1. The first-order valence-electron chi connectivity index (χ1n) is 5.05. The third-order valence-corrected chi connectivity index (χ3v) is 2.60. The minimum Gasteiger partial charge on any atom is -0.385 e. The van der Waals surface area contributed by atoms with Gasteiger partial charge in [-0.05, 0) is 26.3 Å². The monoisotopic (exact) mass is 251 g/mol. The largest absolute Gasteiger partial charge is 0.385 e. The Bertz CT molecular complexity index is 105. The predicted molar refractivity (Wildman–Crippen MR) is 61.6 cm³/mol. The number of methoxy groups -OCH3 is 1. The van der Waals surface area contributed by atoms with Crippen LogP contribution in [0.5, 0.6) is 0 Å². The van der Waals surface area contributed by atoms with Gasteiger partial charge in [0.15, 0.2) is 0 Å². The maximum absolute atomic E-state index is 5.08. The highest BCUT2D eigenvalue weighted by molar-refractivity contribution is 9.09. The Labute approximate surface area is 90.8 Å². The van der Waals surface area contributed by atoms with Crippen LogP contribution in [0.4, 0.5) is 0 Å². The summed E-state index contributed by atoms with van der Waals surface area (Å²) in [7, 11) is 1.77. The molecule has 0 saturated carbocycles. The van der Waals surface area contributed by atoms with Crippen molar-refractivity contribution in [1.82, 2.24) is 4.90 Å². The van der Waals surface area contributed by atoms with E-state index in [1.165, 1.54) is 13.0 Å². The van der Waals surface area contributed by atoms with Crippen LogP contribution >= 0.6 is 15.9 Å². The van der Waals surface area contributed by atoms with E-state index < -0.39 is 0 Å².